The third-order valence-corrected chi connectivity index (χ3v) is 2.42. The van der Waals surface area contributed by atoms with Gasteiger partial charge >= 0.3 is 0 Å². The second-order valence-corrected chi connectivity index (χ2v) is 4.68. The van der Waals surface area contributed by atoms with Gasteiger partial charge in [0.05, 0.1) is 4.47 Å². The molecule has 4 nitrogen and oxygen atoms in total. The molecule has 20 heavy (non-hydrogen) atoms. The Bertz CT molecular complexity index is 305. The standard InChI is InChI=1S/C6H14O2.C5H3BrO2.C4H10/c1-4-7-6(3)8-5-2;6-4-1-5(2-7)8-3-4;1-3-4-2/h6H,4-5H2,1-3H3;1-3H;3-4H2,1-2H3. The largest absolute Gasteiger partial charge is 0.460 e. The van der Waals surface area contributed by atoms with E-state index in [1.807, 2.05) is 20.8 Å². The fourth-order valence-corrected chi connectivity index (χ4v) is 1.23. The molecule has 0 radical (unpaired) electrons. The summed E-state index contributed by atoms with van der Waals surface area (Å²) < 4.78 is 15.6. The van der Waals surface area contributed by atoms with Crippen LogP contribution < -0.4 is 0 Å². The Kier molecular flexibility index (Phi) is 17.8. The summed E-state index contributed by atoms with van der Waals surface area (Å²) in [5.41, 5.74) is 0. The van der Waals surface area contributed by atoms with Gasteiger partial charge in [-0.2, -0.15) is 0 Å². The molecule has 0 spiro atoms. The predicted octanol–water partition coefficient (Wildman–Crippen LogP) is 5.07. The zero-order valence-electron chi connectivity index (χ0n) is 13.1. The van der Waals surface area contributed by atoms with Gasteiger partial charge in [-0.1, -0.05) is 26.7 Å². The summed E-state index contributed by atoms with van der Waals surface area (Å²) in [7, 11) is 0. The molecule has 0 atom stereocenters. The zero-order valence-corrected chi connectivity index (χ0v) is 14.7. The number of rotatable bonds is 6. The Morgan fingerprint density at radius 1 is 1.20 bits per heavy atom. The lowest BCUT2D eigenvalue weighted by molar-refractivity contribution is -0.123. The molecular formula is C15H27BrO4. The number of ether oxygens (including phenoxy) is 2. The van der Waals surface area contributed by atoms with Gasteiger partial charge in [-0.05, 0) is 36.7 Å². The number of hydrogen-bond acceptors (Lipinski definition) is 4. The topological polar surface area (TPSA) is 48.7 Å². The van der Waals surface area contributed by atoms with Crippen molar-refractivity contribution < 1.29 is 18.7 Å². The Morgan fingerprint density at radius 3 is 1.90 bits per heavy atom. The number of carbonyl (C=O) groups excluding carboxylic acids is 1. The van der Waals surface area contributed by atoms with Crippen molar-refractivity contribution in [3.05, 3.63) is 22.6 Å². The highest BCUT2D eigenvalue weighted by Gasteiger charge is 1.95. The Balaban J connectivity index is 0. The van der Waals surface area contributed by atoms with Crippen molar-refractivity contribution in [3.63, 3.8) is 0 Å². The van der Waals surface area contributed by atoms with Gasteiger partial charge in [0.2, 0.25) is 0 Å². The van der Waals surface area contributed by atoms with Gasteiger partial charge in [0, 0.05) is 19.3 Å². The predicted molar refractivity (Wildman–Crippen MR) is 85.1 cm³/mol. The van der Waals surface area contributed by atoms with Crippen molar-refractivity contribution in [1.82, 2.24) is 0 Å². The van der Waals surface area contributed by atoms with Gasteiger partial charge < -0.3 is 13.9 Å². The molecule has 0 fully saturated rings. The van der Waals surface area contributed by atoms with Crippen LogP contribution >= 0.6 is 15.9 Å². The smallest absolute Gasteiger partial charge is 0.185 e. The molecule has 1 aromatic heterocycles. The van der Waals surface area contributed by atoms with E-state index in [-0.39, 0.29) is 6.29 Å². The molecule has 118 valence electrons. The first-order chi connectivity index (χ1) is 9.55. The maximum atomic E-state index is 9.91. The van der Waals surface area contributed by atoms with Crippen molar-refractivity contribution in [2.45, 2.75) is 53.8 Å². The van der Waals surface area contributed by atoms with Crippen molar-refractivity contribution >= 4 is 22.2 Å². The summed E-state index contributed by atoms with van der Waals surface area (Å²) >= 11 is 3.12. The highest BCUT2D eigenvalue weighted by Crippen LogP contribution is 2.11. The van der Waals surface area contributed by atoms with E-state index < -0.39 is 0 Å². The first kappa shape index (κ1) is 21.6. The summed E-state index contributed by atoms with van der Waals surface area (Å²) in [4.78, 5) is 9.91. The number of hydrogen-bond donors (Lipinski definition) is 0. The minimum atomic E-state index is -0.0370. The number of halogens is 1. The van der Waals surface area contributed by atoms with Crippen molar-refractivity contribution in [1.29, 1.82) is 0 Å². The number of furan rings is 1. The van der Waals surface area contributed by atoms with Crippen molar-refractivity contribution in [2.24, 2.45) is 0 Å². The summed E-state index contributed by atoms with van der Waals surface area (Å²) in [6.07, 6.45) is 4.72. The van der Waals surface area contributed by atoms with Crippen LogP contribution in [0, 0.1) is 0 Å². The van der Waals surface area contributed by atoms with Gasteiger partial charge in [-0.3, -0.25) is 4.79 Å². The third kappa shape index (κ3) is 15.4. The van der Waals surface area contributed by atoms with Crippen LogP contribution in [0.2, 0.25) is 0 Å². The minimum Gasteiger partial charge on any atom is -0.460 e. The van der Waals surface area contributed by atoms with E-state index >= 15 is 0 Å². The first-order valence-corrected chi connectivity index (χ1v) is 7.77. The van der Waals surface area contributed by atoms with Crippen LogP contribution in [0.15, 0.2) is 21.2 Å². The van der Waals surface area contributed by atoms with E-state index in [9.17, 15) is 4.79 Å². The molecule has 0 saturated carbocycles. The van der Waals surface area contributed by atoms with Gasteiger partial charge in [0.25, 0.3) is 0 Å². The van der Waals surface area contributed by atoms with E-state index in [0.717, 1.165) is 17.7 Å². The fourth-order valence-electron chi connectivity index (χ4n) is 0.908. The maximum Gasteiger partial charge on any atom is 0.185 e. The number of aldehydes is 1. The summed E-state index contributed by atoms with van der Waals surface area (Å²) in [5, 5.41) is 0. The lowest BCUT2D eigenvalue weighted by Crippen LogP contribution is -2.11. The zero-order chi connectivity index (χ0) is 15.8. The molecule has 5 heteroatoms. The molecule has 0 aliphatic heterocycles. The summed E-state index contributed by atoms with van der Waals surface area (Å²) in [6, 6.07) is 1.60. The third-order valence-electron chi connectivity index (χ3n) is 2.01. The second-order valence-electron chi connectivity index (χ2n) is 3.76. The average Bonchev–Trinajstić information content (AvgIpc) is 2.86. The first-order valence-electron chi connectivity index (χ1n) is 6.97. The van der Waals surface area contributed by atoms with Crippen LogP contribution in [0.1, 0.15) is 58.0 Å². The van der Waals surface area contributed by atoms with Gasteiger partial charge in [-0.25, -0.2) is 0 Å². The normalized spacial score (nSPS) is 9.35. The SMILES string of the molecule is CCCC.CCOC(C)OCC.O=Cc1cc(Br)co1. The lowest BCUT2D eigenvalue weighted by atomic mass is 10.4. The van der Waals surface area contributed by atoms with Crippen LogP contribution in [0.25, 0.3) is 0 Å². The van der Waals surface area contributed by atoms with Crippen molar-refractivity contribution in [2.75, 3.05) is 13.2 Å². The molecule has 0 bridgehead atoms. The van der Waals surface area contributed by atoms with Crippen LogP contribution in [0.4, 0.5) is 0 Å². The van der Waals surface area contributed by atoms with Crippen LogP contribution in [0.3, 0.4) is 0 Å². The molecule has 0 aliphatic carbocycles. The van der Waals surface area contributed by atoms with E-state index in [0.29, 0.717) is 12.0 Å². The molecule has 1 aromatic rings. The Hall–Kier alpha value is -0.650. The van der Waals surface area contributed by atoms with E-state index in [2.05, 4.69) is 29.8 Å². The Morgan fingerprint density at radius 2 is 1.70 bits per heavy atom. The molecule has 0 aliphatic rings. The number of carbonyl (C=O) groups is 1. The molecule has 0 amide bonds. The molecule has 0 N–H and O–H groups in total. The van der Waals surface area contributed by atoms with E-state index in [1.54, 1.807) is 6.07 Å². The number of unbranched alkanes of at least 4 members (excludes halogenated alkanes) is 1. The van der Waals surface area contributed by atoms with E-state index in [4.69, 9.17) is 13.9 Å². The summed E-state index contributed by atoms with van der Waals surface area (Å²) in [5.74, 6) is 0.344. The molecule has 0 unspecified atom stereocenters. The fraction of sp³-hybridized carbons (Fsp3) is 0.667. The molecular weight excluding hydrogens is 324 g/mol. The maximum absolute atomic E-state index is 9.91. The Labute approximate surface area is 131 Å². The van der Waals surface area contributed by atoms with Gasteiger partial charge in [0.15, 0.2) is 18.3 Å². The minimum absolute atomic E-state index is 0.0370. The van der Waals surface area contributed by atoms with Gasteiger partial charge in [0.1, 0.15) is 6.26 Å². The highest BCUT2D eigenvalue weighted by atomic mass is 79.9. The van der Waals surface area contributed by atoms with E-state index in [1.165, 1.54) is 19.1 Å². The van der Waals surface area contributed by atoms with Crippen LogP contribution in [-0.4, -0.2) is 25.8 Å². The van der Waals surface area contributed by atoms with Crippen molar-refractivity contribution in [3.8, 4) is 0 Å². The molecule has 1 heterocycles. The lowest BCUT2D eigenvalue weighted by Gasteiger charge is -2.09. The summed E-state index contributed by atoms with van der Waals surface area (Å²) in [6.45, 7) is 11.6. The highest BCUT2D eigenvalue weighted by molar-refractivity contribution is 9.10. The van der Waals surface area contributed by atoms with Crippen LogP contribution in [0.5, 0.6) is 0 Å². The molecule has 0 aromatic carbocycles. The average molecular weight is 351 g/mol. The van der Waals surface area contributed by atoms with Crippen LogP contribution in [-0.2, 0) is 9.47 Å². The molecule has 1 rings (SSSR count). The second kappa shape index (κ2) is 16.4. The quantitative estimate of drug-likeness (QED) is 0.531. The monoisotopic (exact) mass is 350 g/mol. The molecule has 0 saturated heterocycles. The van der Waals surface area contributed by atoms with Gasteiger partial charge in [-0.15, -0.1) is 0 Å².